The molecule has 0 aliphatic carbocycles. The van der Waals surface area contributed by atoms with Crippen LogP contribution >= 0.6 is 0 Å². The van der Waals surface area contributed by atoms with E-state index in [4.69, 9.17) is 9.47 Å². The maximum atomic E-state index is 14.1. The second-order valence-corrected chi connectivity index (χ2v) is 12.8. The number of amides is 1. The number of carbonyl (C=O) groups is 1. The maximum absolute atomic E-state index is 14.1. The Kier molecular flexibility index (Phi) is 9.56. The molecule has 1 aliphatic heterocycles. The van der Waals surface area contributed by atoms with Crippen LogP contribution in [-0.2, 0) is 26.1 Å². The van der Waals surface area contributed by atoms with Crippen LogP contribution < -0.4 is 4.74 Å². The zero-order valence-corrected chi connectivity index (χ0v) is 25.5. The summed E-state index contributed by atoms with van der Waals surface area (Å²) in [5, 5.41) is 0. The van der Waals surface area contributed by atoms with Crippen LogP contribution in [0.2, 0.25) is 0 Å². The summed E-state index contributed by atoms with van der Waals surface area (Å²) in [5.74, 6) is 0.141. The minimum atomic E-state index is -3.84. The molecule has 1 unspecified atom stereocenters. The Hall–Kier alpha value is -3.21. The predicted octanol–water partition coefficient (Wildman–Crippen LogP) is 4.86. The number of rotatable bonds is 11. The van der Waals surface area contributed by atoms with Crippen LogP contribution in [0.5, 0.6) is 5.75 Å². The minimum absolute atomic E-state index is 0.0553. The van der Waals surface area contributed by atoms with E-state index in [9.17, 15) is 17.6 Å². The lowest BCUT2D eigenvalue weighted by atomic mass is 9.99. The van der Waals surface area contributed by atoms with Gasteiger partial charge < -0.3 is 18.9 Å². The molecule has 0 saturated heterocycles. The van der Waals surface area contributed by atoms with Gasteiger partial charge >= 0.3 is 0 Å². The number of aromatic nitrogens is 1. The predicted molar refractivity (Wildman–Crippen MR) is 156 cm³/mol. The largest absolute Gasteiger partial charge is 0.496 e. The molecule has 41 heavy (non-hydrogen) atoms. The first kappa shape index (κ1) is 30.7. The average molecular weight is 586 g/mol. The van der Waals surface area contributed by atoms with E-state index in [1.54, 1.807) is 38.0 Å². The summed E-state index contributed by atoms with van der Waals surface area (Å²) in [6, 6.07) is 11.5. The Labute approximate surface area is 242 Å². The number of benzene rings is 2. The van der Waals surface area contributed by atoms with Crippen LogP contribution in [0.4, 0.5) is 4.39 Å². The highest BCUT2D eigenvalue weighted by Crippen LogP contribution is 2.34. The summed E-state index contributed by atoms with van der Waals surface area (Å²) < 4.78 is 56.6. The second kappa shape index (κ2) is 12.8. The summed E-state index contributed by atoms with van der Waals surface area (Å²) in [6.45, 7) is 10.7. The van der Waals surface area contributed by atoms with E-state index >= 15 is 0 Å². The summed E-state index contributed by atoms with van der Waals surface area (Å²) in [7, 11) is -2.27. The SMILES string of the molecule is COc1cc(C)c(S(=O)(=O)N(CCOCC(=O)N2CCn3cccc3C2c2cccc(F)c2)CC(C)C)c(C)c1C. The number of nitrogens with zero attached hydrogens (tertiary/aromatic N) is 3. The number of hydrogen-bond donors (Lipinski definition) is 0. The summed E-state index contributed by atoms with van der Waals surface area (Å²) in [4.78, 5) is 15.4. The Bertz CT molecular complexity index is 1500. The molecule has 2 aromatic carbocycles. The minimum Gasteiger partial charge on any atom is -0.496 e. The molecule has 4 rings (SSSR count). The van der Waals surface area contributed by atoms with Crippen LogP contribution in [0.15, 0.2) is 53.6 Å². The van der Waals surface area contributed by atoms with Gasteiger partial charge in [0.15, 0.2) is 0 Å². The number of sulfonamides is 1. The Morgan fingerprint density at radius 1 is 1.10 bits per heavy atom. The molecule has 0 bridgehead atoms. The molecule has 0 radical (unpaired) electrons. The van der Waals surface area contributed by atoms with Crippen molar-refractivity contribution in [2.24, 2.45) is 5.92 Å². The summed E-state index contributed by atoms with van der Waals surface area (Å²) in [5.41, 5.74) is 3.65. The van der Waals surface area contributed by atoms with Gasteiger partial charge in [-0.3, -0.25) is 4.79 Å². The highest BCUT2D eigenvalue weighted by atomic mass is 32.2. The normalized spacial score (nSPS) is 15.4. The first-order valence-corrected chi connectivity index (χ1v) is 15.3. The van der Waals surface area contributed by atoms with Gasteiger partial charge in [0.2, 0.25) is 15.9 Å². The number of halogens is 1. The van der Waals surface area contributed by atoms with E-state index in [0.29, 0.717) is 42.1 Å². The third-order valence-electron chi connectivity index (χ3n) is 7.60. The molecular formula is C31H40FN3O5S. The lowest BCUT2D eigenvalue weighted by Crippen LogP contribution is -2.44. The van der Waals surface area contributed by atoms with Crippen LogP contribution in [0.3, 0.4) is 0 Å². The highest BCUT2D eigenvalue weighted by molar-refractivity contribution is 7.89. The number of hydrogen-bond acceptors (Lipinski definition) is 5. The third kappa shape index (κ3) is 6.50. The van der Waals surface area contributed by atoms with Crippen molar-refractivity contribution < 1.29 is 27.1 Å². The Morgan fingerprint density at radius 3 is 2.54 bits per heavy atom. The molecule has 10 heteroatoms. The molecule has 8 nitrogen and oxygen atoms in total. The van der Waals surface area contributed by atoms with E-state index in [2.05, 4.69) is 4.57 Å². The maximum Gasteiger partial charge on any atom is 0.249 e. The first-order chi connectivity index (χ1) is 19.4. The molecule has 3 aromatic rings. The van der Waals surface area contributed by atoms with E-state index in [1.807, 2.05) is 45.2 Å². The van der Waals surface area contributed by atoms with Crippen LogP contribution in [0.25, 0.3) is 0 Å². The van der Waals surface area contributed by atoms with E-state index in [0.717, 1.165) is 11.3 Å². The van der Waals surface area contributed by atoms with Crippen molar-refractivity contribution in [1.29, 1.82) is 0 Å². The van der Waals surface area contributed by atoms with Crippen molar-refractivity contribution in [2.45, 2.75) is 52.1 Å². The van der Waals surface area contributed by atoms with Gasteiger partial charge in [0.1, 0.15) is 18.2 Å². The molecule has 1 aromatic heterocycles. The molecule has 2 heterocycles. The number of methoxy groups -OCH3 is 1. The molecular weight excluding hydrogens is 545 g/mol. The quantitative estimate of drug-likeness (QED) is 0.301. The third-order valence-corrected chi connectivity index (χ3v) is 9.75. The number of aryl methyl sites for hydroxylation is 1. The van der Waals surface area contributed by atoms with Gasteiger partial charge in [0.05, 0.1) is 24.7 Å². The summed E-state index contributed by atoms with van der Waals surface area (Å²) >= 11 is 0. The fourth-order valence-corrected chi connectivity index (χ4v) is 7.64. The average Bonchev–Trinajstić information content (AvgIpc) is 3.40. The zero-order valence-electron chi connectivity index (χ0n) is 24.7. The highest BCUT2D eigenvalue weighted by Gasteiger charge is 2.33. The van der Waals surface area contributed by atoms with Gasteiger partial charge in [-0.1, -0.05) is 26.0 Å². The Morgan fingerprint density at radius 2 is 1.85 bits per heavy atom. The lowest BCUT2D eigenvalue weighted by molar-refractivity contribution is -0.139. The molecule has 0 saturated carbocycles. The molecule has 1 aliphatic rings. The second-order valence-electron chi connectivity index (χ2n) is 11.0. The van der Waals surface area contributed by atoms with Gasteiger partial charge in [0, 0.05) is 38.1 Å². The van der Waals surface area contributed by atoms with Crippen LogP contribution in [-0.4, -0.2) is 68.1 Å². The van der Waals surface area contributed by atoms with E-state index in [1.165, 1.54) is 16.4 Å². The molecule has 222 valence electrons. The molecule has 1 atom stereocenters. The van der Waals surface area contributed by atoms with Crippen LogP contribution in [0.1, 0.15) is 47.8 Å². The van der Waals surface area contributed by atoms with Crippen molar-refractivity contribution in [3.8, 4) is 5.75 Å². The van der Waals surface area contributed by atoms with Gasteiger partial charge in [0.25, 0.3) is 0 Å². The van der Waals surface area contributed by atoms with Crippen molar-refractivity contribution in [3.63, 3.8) is 0 Å². The van der Waals surface area contributed by atoms with Crippen molar-refractivity contribution in [2.75, 3.05) is 40.0 Å². The fraction of sp³-hybridized carbons (Fsp3) is 0.452. The monoisotopic (exact) mass is 585 g/mol. The molecule has 0 fully saturated rings. The van der Waals surface area contributed by atoms with Crippen molar-refractivity contribution >= 4 is 15.9 Å². The first-order valence-electron chi connectivity index (χ1n) is 13.9. The standard InChI is InChI=1S/C31H40FN3O5S/c1-21(2)19-34(41(37,38)31-22(3)17-28(39-6)23(4)24(31)5)15-16-40-20-29(36)35-14-13-33-12-8-11-27(33)30(35)25-9-7-10-26(32)18-25/h7-12,17-18,21,30H,13-16,19-20H2,1-6H3. The zero-order chi connectivity index (χ0) is 29.9. The van der Waals surface area contributed by atoms with Gasteiger partial charge in [-0.15, -0.1) is 0 Å². The molecule has 0 N–H and O–H groups in total. The number of ether oxygens (including phenoxy) is 2. The molecule has 1 amide bonds. The van der Waals surface area contributed by atoms with E-state index in [-0.39, 0.29) is 42.3 Å². The summed E-state index contributed by atoms with van der Waals surface area (Å²) in [6.07, 6.45) is 1.96. The lowest BCUT2D eigenvalue weighted by Gasteiger charge is -2.37. The molecule has 0 spiro atoms. The van der Waals surface area contributed by atoms with Crippen LogP contribution in [0, 0.1) is 32.5 Å². The van der Waals surface area contributed by atoms with Crippen molar-refractivity contribution in [1.82, 2.24) is 13.8 Å². The number of carbonyl (C=O) groups excluding carboxylic acids is 1. The van der Waals surface area contributed by atoms with Crippen molar-refractivity contribution in [3.05, 3.63) is 82.4 Å². The smallest absolute Gasteiger partial charge is 0.249 e. The van der Waals surface area contributed by atoms with Gasteiger partial charge in [-0.25, -0.2) is 12.8 Å². The van der Waals surface area contributed by atoms with Gasteiger partial charge in [-0.05, 0) is 79.3 Å². The topological polar surface area (TPSA) is 81.1 Å². The van der Waals surface area contributed by atoms with E-state index < -0.39 is 16.1 Å². The fourth-order valence-electron chi connectivity index (χ4n) is 5.56. The van der Waals surface area contributed by atoms with Gasteiger partial charge in [-0.2, -0.15) is 4.31 Å². The Balaban J connectivity index is 1.48. The number of fused-ring (bicyclic) bond motifs is 1.